The number of nitrogens with one attached hydrogen (secondary N) is 2. The zero-order chi connectivity index (χ0) is 24.4. The Morgan fingerprint density at radius 2 is 1.74 bits per heavy atom. The minimum atomic E-state index is -0.983. The standard InChI is InChI=1S/C23H17Cl3F2N4OS/c1-2-12-18(9-13-14(24)4-3-5-15(13)25)29-23(30-22(12)33)34-10-19-20(26)21(32-31-19)11-6-7-16(27)17(28)8-11/h3-8H,2,9-10H2,1H3,(H,31,32)(H,29,30,33). The van der Waals surface area contributed by atoms with Crippen LogP contribution >= 0.6 is 46.6 Å². The minimum absolute atomic E-state index is 0.242. The Hall–Kier alpha value is -2.39. The average Bonchev–Trinajstić information content (AvgIpc) is 3.17. The van der Waals surface area contributed by atoms with Gasteiger partial charge in [0, 0.05) is 33.3 Å². The summed E-state index contributed by atoms with van der Waals surface area (Å²) in [5.41, 5.74) is 2.80. The van der Waals surface area contributed by atoms with Crippen LogP contribution in [-0.4, -0.2) is 20.2 Å². The van der Waals surface area contributed by atoms with Gasteiger partial charge in [0.1, 0.15) is 0 Å². The fourth-order valence-electron chi connectivity index (χ4n) is 3.41. The molecule has 11 heteroatoms. The van der Waals surface area contributed by atoms with Crippen LogP contribution in [0.2, 0.25) is 15.1 Å². The molecule has 0 spiro atoms. The van der Waals surface area contributed by atoms with E-state index in [4.69, 9.17) is 34.8 Å². The molecule has 5 nitrogen and oxygen atoms in total. The van der Waals surface area contributed by atoms with Gasteiger partial charge in [-0.15, -0.1) is 0 Å². The predicted octanol–water partition coefficient (Wildman–Crippen LogP) is 6.84. The Balaban J connectivity index is 1.59. The van der Waals surface area contributed by atoms with Gasteiger partial charge < -0.3 is 4.98 Å². The Kier molecular flexibility index (Phi) is 7.62. The normalized spacial score (nSPS) is 11.2. The molecule has 0 saturated carbocycles. The van der Waals surface area contributed by atoms with Gasteiger partial charge in [-0.2, -0.15) is 5.10 Å². The molecule has 0 fully saturated rings. The van der Waals surface area contributed by atoms with Gasteiger partial charge in [-0.05, 0) is 42.3 Å². The van der Waals surface area contributed by atoms with E-state index in [9.17, 15) is 13.6 Å². The van der Waals surface area contributed by atoms with Gasteiger partial charge >= 0.3 is 0 Å². The lowest BCUT2D eigenvalue weighted by molar-refractivity contribution is 0.509. The molecule has 0 aliphatic rings. The first kappa shape index (κ1) is 24.7. The highest BCUT2D eigenvalue weighted by atomic mass is 35.5. The minimum Gasteiger partial charge on any atom is -0.301 e. The first-order valence-corrected chi connectivity index (χ1v) is 12.3. The van der Waals surface area contributed by atoms with Crippen molar-refractivity contribution in [1.82, 2.24) is 20.2 Å². The van der Waals surface area contributed by atoms with Crippen LogP contribution in [0.15, 0.2) is 46.3 Å². The number of aromatic nitrogens is 4. The summed E-state index contributed by atoms with van der Waals surface area (Å²) in [6.45, 7) is 1.88. The summed E-state index contributed by atoms with van der Waals surface area (Å²) in [6.07, 6.45) is 0.802. The maximum Gasteiger partial charge on any atom is 0.254 e. The van der Waals surface area contributed by atoms with Gasteiger partial charge in [0.2, 0.25) is 0 Å². The van der Waals surface area contributed by atoms with E-state index in [-0.39, 0.29) is 16.3 Å². The highest BCUT2D eigenvalue weighted by molar-refractivity contribution is 7.98. The summed E-state index contributed by atoms with van der Waals surface area (Å²) < 4.78 is 26.8. The molecule has 0 unspecified atom stereocenters. The lowest BCUT2D eigenvalue weighted by Gasteiger charge is -2.11. The number of benzene rings is 2. The molecule has 176 valence electrons. The fraction of sp³-hybridized carbons (Fsp3) is 0.174. The molecule has 4 rings (SSSR count). The van der Waals surface area contributed by atoms with Crippen molar-refractivity contribution in [3.8, 4) is 11.3 Å². The van der Waals surface area contributed by atoms with Crippen molar-refractivity contribution < 1.29 is 8.78 Å². The van der Waals surface area contributed by atoms with Crippen LogP contribution in [-0.2, 0) is 18.6 Å². The van der Waals surface area contributed by atoms with E-state index >= 15 is 0 Å². The Morgan fingerprint density at radius 3 is 2.41 bits per heavy atom. The van der Waals surface area contributed by atoms with Crippen molar-refractivity contribution in [2.24, 2.45) is 0 Å². The SMILES string of the molecule is CCc1c(Cc2c(Cl)cccc2Cl)nc(SCc2n[nH]c(-c3ccc(F)c(F)c3)c2Cl)[nH]c1=O. The molecule has 0 aliphatic carbocycles. The fourth-order valence-corrected chi connectivity index (χ4v) is 5.10. The van der Waals surface area contributed by atoms with Gasteiger partial charge in [-0.1, -0.05) is 59.6 Å². The topological polar surface area (TPSA) is 74.4 Å². The second-order valence-electron chi connectivity index (χ2n) is 7.30. The van der Waals surface area contributed by atoms with Crippen LogP contribution in [0.25, 0.3) is 11.3 Å². The lowest BCUT2D eigenvalue weighted by Crippen LogP contribution is -2.18. The number of nitrogens with zero attached hydrogens (tertiary/aromatic N) is 2. The summed E-state index contributed by atoms with van der Waals surface area (Å²) in [6, 6.07) is 8.70. The van der Waals surface area contributed by atoms with E-state index in [0.29, 0.717) is 61.8 Å². The molecular weight excluding hydrogens is 525 g/mol. The molecule has 34 heavy (non-hydrogen) atoms. The van der Waals surface area contributed by atoms with Gasteiger partial charge in [0.15, 0.2) is 16.8 Å². The Labute approximate surface area is 212 Å². The predicted molar refractivity (Wildman–Crippen MR) is 132 cm³/mol. The Morgan fingerprint density at radius 1 is 1.00 bits per heavy atom. The molecule has 0 saturated heterocycles. The maximum atomic E-state index is 13.6. The molecule has 2 heterocycles. The molecule has 4 aromatic rings. The Bertz CT molecular complexity index is 1400. The first-order chi connectivity index (χ1) is 16.3. The van der Waals surface area contributed by atoms with Gasteiger partial charge in [-0.25, -0.2) is 13.8 Å². The summed E-state index contributed by atoms with van der Waals surface area (Å²) in [4.78, 5) is 20.1. The largest absolute Gasteiger partial charge is 0.301 e. The number of aromatic amines is 2. The second-order valence-corrected chi connectivity index (χ2v) is 9.46. The molecule has 2 aromatic heterocycles. The van der Waals surface area contributed by atoms with E-state index in [0.717, 1.165) is 12.1 Å². The third kappa shape index (κ3) is 5.15. The lowest BCUT2D eigenvalue weighted by atomic mass is 10.0. The number of hydrogen-bond acceptors (Lipinski definition) is 4. The van der Waals surface area contributed by atoms with Crippen molar-refractivity contribution in [3.63, 3.8) is 0 Å². The summed E-state index contributed by atoms with van der Waals surface area (Å²) in [7, 11) is 0. The van der Waals surface area contributed by atoms with E-state index < -0.39 is 11.6 Å². The van der Waals surface area contributed by atoms with Gasteiger partial charge in [0.25, 0.3) is 5.56 Å². The number of rotatable bonds is 7. The third-order valence-corrected chi connectivity index (χ3v) is 7.17. The summed E-state index contributed by atoms with van der Waals surface area (Å²) >= 11 is 20.3. The van der Waals surface area contributed by atoms with Crippen molar-refractivity contribution in [2.45, 2.75) is 30.7 Å². The quantitative estimate of drug-likeness (QED) is 0.198. The summed E-state index contributed by atoms with van der Waals surface area (Å²) in [5.74, 6) is -1.66. The summed E-state index contributed by atoms with van der Waals surface area (Å²) in [5, 5.41) is 8.59. The van der Waals surface area contributed by atoms with Crippen LogP contribution in [0.3, 0.4) is 0 Å². The molecule has 0 aliphatic heterocycles. The average molecular weight is 542 g/mol. The molecule has 2 aromatic carbocycles. The zero-order valence-electron chi connectivity index (χ0n) is 17.7. The molecule has 0 radical (unpaired) electrons. The molecule has 0 atom stereocenters. The molecule has 2 N–H and O–H groups in total. The van der Waals surface area contributed by atoms with Crippen molar-refractivity contribution in [2.75, 3.05) is 0 Å². The zero-order valence-corrected chi connectivity index (χ0v) is 20.8. The van der Waals surface area contributed by atoms with E-state index in [2.05, 4.69) is 20.2 Å². The number of halogens is 5. The first-order valence-electron chi connectivity index (χ1n) is 10.1. The van der Waals surface area contributed by atoms with Crippen molar-refractivity contribution >= 4 is 46.6 Å². The highest BCUT2D eigenvalue weighted by Gasteiger charge is 2.18. The molecule has 0 amide bonds. The molecular formula is C23H17Cl3F2N4OS. The smallest absolute Gasteiger partial charge is 0.254 e. The van der Waals surface area contributed by atoms with Crippen LogP contribution in [0.4, 0.5) is 8.78 Å². The highest BCUT2D eigenvalue weighted by Crippen LogP contribution is 2.32. The van der Waals surface area contributed by atoms with E-state index in [1.807, 2.05) is 6.92 Å². The van der Waals surface area contributed by atoms with E-state index in [1.165, 1.54) is 17.8 Å². The van der Waals surface area contributed by atoms with Crippen LogP contribution in [0.5, 0.6) is 0 Å². The van der Waals surface area contributed by atoms with Gasteiger partial charge in [0.05, 0.1) is 22.1 Å². The number of H-pyrrole nitrogens is 2. The molecule has 0 bridgehead atoms. The second kappa shape index (κ2) is 10.5. The van der Waals surface area contributed by atoms with Crippen molar-refractivity contribution in [3.05, 3.63) is 96.0 Å². The third-order valence-electron chi connectivity index (χ3n) is 5.17. The van der Waals surface area contributed by atoms with Crippen molar-refractivity contribution in [1.29, 1.82) is 0 Å². The number of hydrogen-bond donors (Lipinski definition) is 2. The van der Waals surface area contributed by atoms with Crippen LogP contribution in [0.1, 0.15) is 29.4 Å². The number of thioether (sulfide) groups is 1. The van der Waals surface area contributed by atoms with E-state index in [1.54, 1.807) is 18.2 Å². The maximum absolute atomic E-state index is 13.6. The van der Waals surface area contributed by atoms with Crippen LogP contribution in [0, 0.1) is 11.6 Å². The monoisotopic (exact) mass is 540 g/mol. The van der Waals surface area contributed by atoms with Crippen LogP contribution < -0.4 is 5.56 Å². The van der Waals surface area contributed by atoms with Gasteiger partial charge in [-0.3, -0.25) is 9.89 Å².